The maximum Gasteiger partial charge on any atom is 0.280 e. The average Bonchev–Trinajstić information content (AvgIpc) is 2.83. The lowest BCUT2D eigenvalue weighted by atomic mass is 10.1. The number of nitrogens with zero attached hydrogens (tertiary/aromatic N) is 2. The van der Waals surface area contributed by atoms with Crippen molar-refractivity contribution in [2.45, 2.75) is 25.1 Å². The summed E-state index contributed by atoms with van der Waals surface area (Å²) in [4.78, 5) is 16.8. The van der Waals surface area contributed by atoms with Crippen molar-refractivity contribution in [3.8, 4) is 0 Å². The van der Waals surface area contributed by atoms with E-state index in [9.17, 15) is 17.6 Å². The highest BCUT2D eigenvalue weighted by Crippen LogP contribution is 2.24. The van der Waals surface area contributed by atoms with E-state index in [0.717, 1.165) is 15.9 Å². The number of nitrogens with one attached hydrogen (secondary N) is 2. The zero-order chi connectivity index (χ0) is 25.3. The number of aliphatic imine (C=N–C) groups is 1. The minimum absolute atomic E-state index is 0.0232. The molecule has 2 N–H and O–H groups in total. The summed E-state index contributed by atoms with van der Waals surface area (Å²) in [5, 5.41) is 4.20. The number of rotatable bonds is 11. The minimum atomic E-state index is -3.98. The number of hydrogen-bond donors (Lipinski definition) is 2. The third-order valence-electron chi connectivity index (χ3n) is 5.10. The standard InChI is InChI=1S/C23H26ClFN4O4S2/c1-26-9-12-34-16-19-14-22(23(30)27-18-7-8-21(25)20(24)13-18)29(35(31,32)28-19)10-11-33-15-17-5-3-2-4-6-17/h2-9,12-13,19,22,28H,1,10-11,14-16H2,(H,27,30)/b12-9-/t19-,22+/m1/s1. The highest BCUT2D eigenvalue weighted by molar-refractivity contribution is 8.02. The van der Waals surface area contributed by atoms with Gasteiger partial charge in [0.15, 0.2) is 0 Å². The molecule has 1 fully saturated rings. The summed E-state index contributed by atoms with van der Waals surface area (Å²) in [5.41, 5.74) is 1.22. The molecule has 0 saturated carbocycles. The van der Waals surface area contributed by atoms with Gasteiger partial charge in [0.2, 0.25) is 5.91 Å². The van der Waals surface area contributed by atoms with Crippen LogP contribution in [0.15, 0.2) is 65.1 Å². The molecule has 1 amide bonds. The number of carbonyl (C=O) groups excluding carboxylic acids is 1. The Morgan fingerprint density at radius 2 is 2.11 bits per heavy atom. The first-order valence-corrected chi connectivity index (χ1v) is 13.6. The average molecular weight is 541 g/mol. The number of hydrogen-bond acceptors (Lipinski definition) is 6. The molecule has 0 unspecified atom stereocenters. The van der Waals surface area contributed by atoms with Crippen molar-refractivity contribution >= 4 is 51.9 Å². The van der Waals surface area contributed by atoms with Crippen molar-refractivity contribution in [3.05, 3.63) is 76.5 Å². The summed E-state index contributed by atoms with van der Waals surface area (Å²) in [6, 6.07) is 11.8. The highest BCUT2D eigenvalue weighted by atomic mass is 35.5. The van der Waals surface area contributed by atoms with Gasteiger partial charge in [-0.1, -0.05) is 41.9 Å². The molecule has 35 heavy (non-hydrogen) atoms. The van der Waals surface area contributed by atoms with E-state index < -0.39 is 34.0 Å². The molecule has 1 aliphatic rings. The molecule has 0 bridgehead atoms. The van der Waals surface area contributed by atoms with Crippen LogP contribution in [0.3, 0.4) is 0 Å². The maximum atomic E-state index is 13.5. The fourth-order valence-electron chi connectivity index (χ4n) is 3.47. The normalized spacial score (nSPS) is 20.1. The lowest BCUT2D eigenvalue weighted by Crippen LogP contribution is -2.61. The van der Waals surface area contributed by atoms with Gasteiger partial charge in [0.25, 0.3) is 10.2 Å². The topological polar surface area (TPSA) is 100 Å². The number of anilines is 1. The van der Waals surface area contributed by atoms with Crippen LogP contribution in [0, 0.1) is 5.82 Å². The second kappa shape index (κ2) is 13.1. The van der Waals surface area contributed by atoms with Crippen LogP contribution < -0.4 is 10.0 Å². The van der Waals surface area contributed by atoms with E-state index in [1.807, 2.05) is 30.3 Å². The summed E-state index contributed by atoms with van der Waals surface area (Å²) in [7, 11) is -3.98. The van der Waals surface area contributed by atoms with Crippen LogP contribution in [0.2, 0.25) is 5.02 Å². The van der Waals surface area contributed by atoms with Gasteiger partial charge in [-0.3, -0.25) is 9.79 Å². The number of thioether (sulfide) groups is 1. The van der Waals surface area contributed by atoms with Gasteiger partial charge in [-0.05, 0) is 42.3 Å². The fourth-order valence-corrected chi connectivity index (χ4v) is 6.06. The summed E-state index contributed by atoms with van der Waals surface area (Å²) in [6.07, 6.45) is 1.72. The van der Waals surface area contributed by atoms with E-state index in [4.69, 9.17) is 16.3 Å². The van der Waals surface area contributed by atoms with E-state index >= 15 is 0 Å². The number of halogens is 2. The van der Waals surface area contributed by atoms with Crippen molar-refractivity contribution in [2.24, 2.45) is 4.99 Å². The van der Waals surface area contributed by atoms with Crippen LogP contribution in [0.4, 0.5) is 10.1 Å². The van der Waals surface area contributed by atoms with Gasteiger partial charge in [-0.2, -0.15) is 17.4 Å². The van der Waals surface area contributed by atoms with Gasteiger partial charge in [-0.15, -0.1) is 11.8 Å². The summed E-state index contributed by atoms with van der Waals surface area (Å²) >= 11 is 7.17. The molecule has 2 atom stereocenters. The largest absolute Gasteiger partial charge is 0.375 e. The van der Waals surface area contributed by atoms with Crippen LogP contribution >= 0.6 is 23.4 Å². The molecule has 1 saturated heterocycles. The first-order valence-electron chi connectivity index (χ1n) is 10.7. The molecule has 3 rings (SSSR count). The lowest BCUT2D eigenvalue weighted by Gasteiger charge is -2.38. The third-order valence-corrected chi connectivity index (χ3v) is 7.98. The summed E-state index contributed by atoms with van der Waals surface area (Å²) in [5.74, 6) is -0.764. The van der Waals surface area contributed by atoms with E-state index in [-0.39, 0.29) is 30.3 Å². The Bertz CT molecular complexity index is 1150. The van der Waals surface area contributed by atoms with Gasteiger partial charge >= 0.3 is 0 Å². The predicted octanol–water partition coefficient (Wildman–Crippen LogP) is 3.82. The molecule has 0 radical (unpaired) electrons. The quantitative estimate of drug-likeness (QED) is 0.333. The Balaban J connectivity index is 1.72. The van der Waals surface area contributed by atoms with E-state index in [1.54, 1.807) is 5.41 Å². The summed E-state index contributed by atoms with van der Waals surface area (Å²) < 4.78 is 49.0. The first kappa shape index (κ1) is 27.3. The van der Waals surface area contributed by atoms with E-state index in [0.29, 0.717) is 12.4 Å². The molecule has 1 aliphatic heterocycles. The molecule has 12 heteroatoms. The Morgan fingerprint density at radius 1 is 1.34 bits per heavy atom. The Kier molecular flexibility index (Phi) is 10.3. The molecule has 188 valence electrons. The molecule has 0 spiro atoms. The van der Waals surface area contributed by atoms with Gasteiger partial charge < -0.3 is 10.1 Å². The first-order chi connectivity index (χ1) is 16.8. The second-order valence-electron chi connectivity index (χ2n) is 7.64. The minimum Gasteiger partial charge on any atom is -0.375 e. The monoisotopic (exact) mass is 540 g/mol. The predicted molar refractivity (Wildman–Crippen MR) is 138 cm³/mol. The Hall–Kier alpha value is -2.28. The molecule has 0 aliphatic carbocycles. The summed E-state index contributed by atoms with van der Waals surface area (Å²) in [6.45, 7) is 3.74. The van der Waals surface area contributed by atoms with Gasteiger partial charge in [0.05, 0.1) is 18.2 Å². The smallest absolute Gasteiger partial charge is 0.280 e. The van der Waals surface area contributed by atoms with Crippen LogP contribution in [0.1, 0.15) is 12.0 Å². The number of carbonyl (C=O) groups is 1. The Morgan fingerprint density at radius 3 is 2.83 bits per heavy atom. The second-order valence-corrected chi connectivity index (χ2v) is 10.6. The van der Waals surface area contributed by atoms with Crippen molar-refractivity contribution in [1.29, 1.82) is 0 Å². The van der Waals surface area contributed by atoms with Crippen molar-refractivity contribution in [2.75, 3.05) is 24.2 Å². The van der Waals surface area contributed by atoms with Crippen LogP contribution in [-0.4, -0.2) is 56.3 Å². The van der Waals surface area contributed by atoms with Crippen LogP contribution in [-0.2, 0) is 26.3 Å². The van der Waals surface area contributed by atoms with Gasteiger partial charge in [-0.25, -0.2) is 4.39 Å². The lowest BCUT2D eigenvalue weighted by molar-refractivity contribution is -0.120. The van der Waals surface area contributed by atoms with Crippen molar-refractivity contribution < 1.29 is 22.3 Å². The van der Waals surface area contributed by atoms with Crippen LogP contribution in [0.5, 0.6) is 0 Å². The van der Waals surface area contributed by atoms with Crippen molar-refractivity contribution in [3.63, 3.8) is 0 Å². The number of ether oxygens (including phenoxy) is 1. The van der Waals surface area contributed by atoms with Gasteiger partial charge in [0, 0.05) is 30.2 Å². The zero-order valence-electron chi connectivity index (χ0n) is 18.8. The van der Waals surface area contributed by atoms with E-state index in [2.05, 4.69) is 21.7 Å². The molecule has 1 heterocycles. The molecule has 0 aromatic heterocycles. The van der Waals surface area contributed by atoms with Crippen LogP contribution in [0.25, 0.3) is 0 Å². The molecule has 8 nitrogen and oxygen atoms in total. The molecule has 2 aromatic rings. The zero-order valence-corrected chi connectivity index (χ0v) is 21.2. The van der Waals surface area contributed by atoms with Crippen molar-refractivity contribution in [1.82, 2.24) is 9.03 Å². The maximum absolute atomic E-state index is 13.5. The number of benzene rings is 2. The van der Waals surface area contributed by atoms with Gasteiger partial charge in [0.1, 0.15) is 11.9 Å². The third kappa shape index (κ3) is 8.13. The molecular weight excluding hydrogens is 515 g/mol. The van der Waals surface area contributed by atoms with E-state index in [1.165, 1.54) is 30.1 Å². The highest BCUT2D eigenvalue weighted by Gasteiger charge is 2.42. The fraction of sp³-hybridized carbons (Fsp3) is 0.304. The number of amides is 1. The molecular formula is C23H26ClFN4O4S2. The molecule has 2 aromatic carbocycles. The SMILES string of the molecule is C=N/C=C\SC[C@H]1C[C@@H](C(=O)Nc2ccc(F)c(Cl)c2)N(CCOCc2ccccc2)S(=O)(=O)N1. The Labute approximate surface area is 213 Å².